The van der Waals surface area contributed by atoms with Gasteiger partial charge in [-0.25, -0.2) is 0 Å². The second-order valence-corrected chi connectivity index (χ2v) is 5.51. The Morgan fingerprint density at radius 2 is 2.16 bits per heavy atom. The predicted molar refractivity (Wildman–Crippen MR) is 81.1 cm³/mol. The fourth-order valence-corrected chi connectivity index (χ4v) is 2.80. The Hall–Kier alpha value is -1.22. The fourth-order valence-electron chi connectivity index (χ4n) is 2.80. The lowest BCUT2D eigenvalue weighted by Crippen LogP contribution is -2.48. The van der Waals surface area contributed by atoms with Crippen LogP contribution < -0.4 is 15.0 Å². The van der Waals surface area contributed by atoms with Crippen LogP contribution in [0, 0.1) is 0 Å². The summed E-state index contributed by atoms with van der Waals surface area (Å²) in [5.74, 6) is 1.01. The van der Waals surface area contributed by atoms with E-state index in [9.17, 15) is 0 Å². The summed E-state index contributed by atoms with van der Waals surface area (Å²) in [4.78, 5) is 2.45. The van der Waals surface area contributed by atoms with Crippen molar-refractivity contribution in [3.05, 3.63) is 24.3 Å². The predicted octanol–water partition coefficient (Wildman–Crippen LogP) is 3.05. The molecule has 0 bridgehead atoms. The van der Waals surface area contributed by atoms with Gasteiger partial charge in [0.25, 0.3) is 0 Å². The van der Waals surface area contributed by atoms with E-state index in [1.54, 1.807) is 0 Å². The normalized spacial score (nSPS) is 19.8. The fraction of sp³-hybridized carbons (Fsp3) is 0.625. The quantitative estimate of drug-likeness (QED) is 0.882. The molecule has 1 atom stereocenters. The van der Waals surface area contributed by atoms with E-state index >= 15 is 0 Å². The number of benzene rings is 1. The number of nitrogens with zero attached hydrogens (tertiary/aromatic N) is 1. The van der Waals surface area contributed by atoms with Gasteiger partial charge in [0.1, 0.15) is 5.75 Å². The number of hydrogen-bond acceptors (Lipinski definition) is 3. The first kappa shape index (κ1) is 14.2. The summed E-state index contributed by atoms with van der Waals surface area (Å²) in [7, 11) is 0. The van der Waals surface area contributed by atoms with Gasteiger partial charge < -0.3 is 15.0 Å². The van der Waals surface area contributed by atoms with Gasteiger partial charge in [-0.1, -0.05) is 26.0 Å². The van der Waals surface area contributed by atoms with Crippen molar-refractivity contribution in [1.82, 2.24) is 5.32 Å². The number of hydrogen-bond donors (Lipinski definition) is 1. The van der Waals surface area contributed by atoms with Crippen molar-refractivity contribution < 1.29 is 4.74 Å². The van der Waals surface area contributed by atoms with Crippen LogP contribution in [-0.2, 0) is 0 Å². The number of rotatable bonds is 5. The van der Waals surface area contributed by atoms with E-state index < -0.39 is 0 Å². The molecule has 0 saturated carbocycles. The van der Waals surface area contributed by atoms with Crippen LogP contribution in [0.25, 0.3) is 0 Å². The molecule has 2 rings (SSSR count). The highest BCUT2D eigenvalue weighted by molar-refractivity contribution is 5.58. The van der Waals surface area contributed by atoms with Crippen LogP contribution in [0.4, 0.5) is 5.69 Å². The van der Waals surface area contributed by atoms with E-state index in [1.165, 1.54) is 18.5 Å². The second kappa shape index (κ2) is 6.80. The molecule has 1 saturated heterocycles. The summed E-state index contributed by atoms with van der Waals surface area (Å²) >= 11 is 0. The van der Waals surface area contributed by atoms with Crippen molar-refractivity contribution in [3.8, 4) is 5.75 Å². The Bertz CT molecular complexity index is 392. The number of para-hydroxylation sites is 2. The van der Waals surface area contributed by atoms with E-state index in [2.05, 4.69) is 42.3 Å². The highest BCUT2D eigenvalue weighted by atomic mass is 16.5. The molecule has 19 heavy (non-hydrogen) atoms. The minimum atomic E-state index is 0.548. The summed E-state index contributed by atoms with van der Waals surface area (Å²) in [6, 6.07) is 9.51. The summed E-state index contributed by atoms with van der Waals surface area (Å²) in [5, 5.41) is 3.65. The van der Waals surface area contributed by atoms with E-state index in [0.29, 0.717) is 12.1 Å². The Morgan fingerprint density at radius 3 is 2.89 bits per heavy atom. The van der Waals surface area contributed by atoms with Gasteiger partial charge in [0.2, 0.25) is 0 Å². The maximum Gasteiger partial charge on any atom is 0.142 e. The Kier molecular flexibility index (Phi) is 5.08. The van der Waals surface area contributed by atoms with Gasteiger partial charge in [-0.2, -0.15) is 0 Å². The van der Waals surface area contributed by atoms with Gasteiger partial charge in [-0.15, -0.1) is 0 Å². The molecule has 1 aromatic rings. The summed E-state index contributed by atoms with van der Waals surface area (Å²) in [6.45, 7) is 9.39. The lowest BCUT2D eigenvalue weighted by atomic mass is 10.0. The van der Waals surface area contributed by atoms with Gasteiger partial charge >= 0.3 is 0 Å². The minimum absolute atomic E-state index is 0.548. The molecule has 3 heteroatoms. The first-order valence-electron chi connectivity index (χ1n) is 7.43. The van der Waals surface area contributed by atoms with Crippen molar-refractivity contribution in [2.45, 2.75) is 45.7 Å². The number of ether oxygens (including phenoxy) is 1. The largest absolute Gasteiger partial charge is 0.492 e. The zero-order valence-corrected chi connectivity index (χ0v) is 12.4. The third kappa shape index (κ3) is 3.87. The number of piperidine rings is 1. The van der Waals surface area contributed by atoms with Gasteiger partial charge in [-0.3, -0.25) is 0 Å². The SMILES string of the molecule is CCOc1ccccc1N1CCCC(NC(C)C)C1. The lowest BCUT2D eigenvalue weighted by Gasteiger charge is -2.36. The van der Waals surface area contributed by atoms with Crippen molar-refractivity contribution in [2.24, 2.45) is 0 Å². The van der Waals surface area contributed by atoms with Crippen LogP contribution in [0.1, 0.15) is 33.6 Å². The smallest absolute Gasteiger partial charge is 0.142 e. The molecule has 1 aliphatic rings. The van der Waals surface area contributed by atoms with Gasteiger partial charge in [0, 0.05) is 25.2 Å². The molecule has 1 unspecified atom stereocenters. The van der Waals surface area contributed by atoms with E-state index in [4.69, 9.17) is 4.74 Å². The van der Waals surface area contributed by atoms with Crippen molar-refractivity contribution in [1.29, 1.82) is 0 Å². The molecule has 1 heterocycles. The van der Waals surface area contributed by atoms with Crippen LogP contribution in [0.15, 0.2) is 24.3 Å². The van der Waals surface area contributed by atoms with Gasteiger partial charge in [0.15, 0.2) is 0 Å². The topological polar surface area (TPSA) is 24.5 Å². The van der Waals surface area contributed by atoms with Crippen LogP contribution in [0.2, 0.25) is 0 Å². The summed E-state index contributed by atoms with van der Waals surface area (Å²) < 4.78 is 5.74. The molecule has 106 valence electrons. The highest BCUT2D eigenvalue weighted by Gasteiger charge is 2.22. The molecule has 0 amide bonds. The lowest BCUT2D eigenvalue weighted by molar-refractivity contribution is 0.337. The van der Waals surface area contributed by atoms with Gasteiger partial charge in [-0.05, 0) is 31.9 Å². The summed E-state index contributed by atoms with van der Waals surface area (Å²) in [6.07, 6.45) is 2.51. The van der Waals surface area contributed by atoms with Crippen LogP contribution in [0.3, 0.4) is 0 Å². The first-order chi connectivity index (χ1) is 9.20. The zero-order chi connectivity index (χ0) is 13.7. The van der Waals surface area contributed by atoms with E-state index in [0.717, 1.165) is 25.4 Å². The first-order valence-corrected chi connectivity index (χ1v) is 7.43. The standard InChI is InChI=1S/C16H26N2O/c1-4-19-16-10-6-5-9-15(16)18-11-7-8-14(12-18)17-13(2)3/h5-6,9-10,13-14,17H,4,7-8,11-12H2,1-3H3. The van der Waals surface area contributed by atoms with Crippen LogP contribution >= 0.6 is 0 Å². The van der Waals surface area contributed by atoms with E-state index in [1.807, 2.05) is 13.0 Å². The molecule has 1 fully saturated rings. The van der Waals surface area contributed by atoms with Crippen molar-refractivity contribution in [2.75, 3.05) is 24.6 Å². The van der Waals surface area contributed by atoms with E-state index in [-0.39, 0.29) is 0 Å². The third-order valence-corrected chi connectivity index (χ3v) is 3.50. The van der Waals surface area contributed by atoms with Crippen LogP contribution in [0.5, 0.6) is 5.75 Å². The molecule has 0 aliphatic carbocycles. The Morgan fingerprint density at radius 1 is 1.37 bits per heavy atom. The van der Waals surface area contributed by atoms with Crippen molar-refractivity contribution >= 4 is 5.69 Å². The molecular formula is C16H26N2O. The molecular weight excluding hydrogens is 236 g/mol. The highest BCUT2D eigenvalue weighted by Crippen LogP contribution is 2.30. The number of anilines is 1. The molecule has 3 nitrogen and oxygen atoms in total. The minimum Gasteiger partial charge on any atom is -0.492 e. The molecule has 1 aromatic carbocycles. The monoisotopic (exact) mass is 262 g/mol. The van der Waals surface area contributed by atoms with Gasteiger partial charge in [0.05, 0.1) is 12.3 Å². The van der Waals surface area contributed by atoms with Crippen molar-refractivity contribution in [3.63, 3.8) is 0 Å². The average molecular weight is 262 g/mol. The Labute approximate surface area is 116 Å². The second-order valence-electron chi connectivity index (χ2n) is 5.51. The molecule has 0 aromatic heterocycles. The maximum absolute atomic E-state index is 5.74. The number of nitrogens with one attached hydrogen (secondary N) is 1. The average Bonchev–Trinajstić information content (AvgIpc) is 2.39. The van der Waals surface area contributed by atoms with Crippen LogP contribution in [-0.4, -0.2) is 31.8 Å². The summed E-state index contributed by atoms with van der Waals surface area (Å²) in [5.41, 5.74) is 1.24. The zero-order valence-electron chi connectivity index (χ0n) is 12.4. The third-order valence-electron chi connectivity index (χ3n) is 3.50. The molecule has 0 radical (unpaired) electrons. The maximum atomic E-state index is 5.74. The Balaban J connectivity index is 2.08. The molecule has 0 spiro atoms. The molecule has 1 N–H and O–H groups in total. The molecule has 1 aliphatic heterocycles.